The van der Waals surface area contributed by atoms with Crippen LogP contribution in [0.1, 0.15) is 25.6 Å². The fraction of sp³-hybridized carbons (Fsp3) is 0.333. The normalized spacial score (nSPS) is 10.7. The van der Waals surface area contributed by atoms with Gasteiger partial charge in [-0.2, -0.15) is 5.10 Å². The van der Waals surface area contributed by atoms with Gasteiger partial charge in [0, 0.05) is 17.5 Å². The van der Waals surface area contributed by atoms with Crippen molar-refractivity contribution in [1.82, 2.24) is 15.2 Å². The second kappa shape index (κ2) is 5.05. The monoisotopic (exact) mass is 262 g/mol. The average Bonchev–Trinajstić information content (AvgIpc) is 2.87. The lowest BCUT2D eigenvalue weighted by Gasteiger charge is -2.02. The van der Waals surface area contributed by atoms with Crippen molar-refractivity contribution in [3.63, 3.8) is 0 Å². The van der Waals surface area contributed by atoms with Crippen LogP contribution in [0.2, 0.25) is 0 Å². The highest BCUT2D eigenvalue weighted by atomic mass is 16.6. The zero-order chi connectivity index (χ0) is 14.0. The number of aromatic nitrogens is 3. The summed E-state index contributed by atoms with van der Waals surface area (Å²) in [7, 11) is 1.39. The number of hydrogen-bond acceptors (Lipinski definition) is 5. The number of aromatic amines is 1. The number of nitro benzene ring substituents is 1. The Balaban J connectivity index is 2.44. The number of ether oxygens (including phenoxy) is 1. The molecule has 0 radical (unpaired) electrons. The Hall–Kier alpha value is -2.44. The summed E-state index contributed by atoms with van der Waals surface area (Å²) in [6, 6.07) is 4.64. The van der Waals surface area contributed by atoms with Crippen molar-refractivity contribution in [2.45, 2.75) is 19.8 Å². The molecule has 7 heteroatoms. The predicted octanol–water partition coefficient (Wildman–Crippen LogP) is 2.51. The summed E-state index contributed by atoms with van der Waals surface area (Å²) < 4.78 is 4.95. The van der Waals surface area contributed by atoms with Gasteiger partial charge < -0.3 is 4.74 Å². The molecule has 1 aromatic heterocycles. The summed E-state index contributed by atoms with van der Waals surface area (Å²) in [4.78, 5) is 14.8. The highest BCUT2D eigenvalue weighted by Gasteiger charge is 2.17. The maximum absolute atomic E-state index is 11.0. The molecular weight excluding hydrogens is 248 g/mol. The summed E-state index contributed by atoms with van der Waals surface area (Å²) in [5.41, 5.74) is 0.478. The molecular formula is C12H14N4O3. The first-order valence-corrected chi connectivity index (χ1v) is 5.78. The molecule has 0 bridgehead atoms. The first kappa shape index (κ1) is 13.0. The van der Waals surface area contributed by atoms with E-state index in [0.717, 1.165) is 5.82 Å². The largest absolute Gasteiger partial charge is 0.490 e. The van der Waals surface area contributed by atoms with Crippen molar-refractivity contribution in [3.8, 4) is 17.1 Å². The van der Waals surface area contributed by atoms with Gasteiger partial charge in [0.05, 0.1) is 12.0 Å². The molecule has 2 aromatic rings. The molecule has 1 heterocycles. The van der Waals surface area contributed by atoms with Gasteiger partial charge in [0.2, 0.25) is 0 Å². The average molecular weight is 262 g/mol. The van der Waals surface area contributed by atoms with Gasteiger partial charge in [-0.15, -0.1) is 0 Å². The lowest BCUT2D eigenvalue weighted by molar-refractivity contribution is -0.385. The molecule has 1 N–H and O–H groups in total. The molecule has 0 aliphatic heterocycles. The fourth-order valence-electron chi connectivity index (χ4n) is 1.63. The quantitative estimate of drug-likeness (QED) is 0.674. The first-order valence-electron chi connectivity index (χ1n) is 5.78. The van der Waals surface area contributed by atoms with Crippen LogP contribution in [-0.2, 0) is 0 Å². The summed E-state index contributed by atoms with van der Waals surface area (Å²) >= 11 is 0. The summed E-state index contributed by atoms with van der Waals surface area (Å²) in [6.07, 6.45) is 0. The summed E-state index contributed by atoms with van der Waals surface area (Å²) in [5, 5.41) is 17.8. The molecule has 19 heavy (non-hydrogen) atoms. The van der Waals surface area contributed by atoms with E-state index in [-0.39, 0.29) is 17.4 Å². The molecule has 0 fully saturated rings. The van der Waals surface area contributed by atoms with Crippen LogP contribution in [0.5, 0.6) is 5.75 Å². The molecule has 1 aromatic carbocycles. The third-order valence-electron chi connectivity index (χ3n) is 2.68. The van der Waals surface area contributed by atoms with Gasteiger partial charge >= 0.3 is 5.69 Å². The minimum atomic E-state index is -0.488. The van der Waals surface area contributed by atoms with Crippen molar-refractivity contribution in [3.05, 3.63) is 34.1 Å². The van der Waals surface area contributed by atoms with E-state index in [4.69, 9.17) is 4.74 Å². The Morgan fingerprint density at radius 3 is 2.68 bits per heavy atom. The van der Waals surface area contributed by atoms with E-state index in [2.05, 4.69) is 15.2 Å². The van der Waals surface area contributed by atoms with E-state index < -0.39 is 4.92 Å². The van der Waals surface area contributed by atoms with Crippen LogP contribution in [0.15, 0.2) is 18.2 Å². The molecule has 0 amide bonds. The lowest BCUT2D eigenvalue weighted by atomic mass is 10.1. The highest BCUT2D eigenvalue weighted by Crippen LogP contribution is 2.31. The van der Waals surface area contributed by atoms with Crippen molar-refractivity contribution in [2.24, 2.45) is 0 Å². The second-order valence-electron chi connectivity index (χ2n) is 4.34. The van der Waals surface area contributed by atoms with Crippen molar-refractivity contribution in [1.29, 1.82) is 0 Å². The van der Waals surface area contributed by atoms with Crippen molar-refractivity contribution < 1.29 is 9.66 Å². The number of nitrogens with zero attached hydrogens (tertiary/aromatic N) is 3. The van der Waals surface area contributed by atoms with Crippen LogP contribution in [-0.4, -0.2) is 27.2 Å². The number of H-pyrrole nitrogens is 1. The molecule has 2 rings (SSSR count). The number of rotatable bonds is 4. The molecule has 0 saturated carbocycles. The highest BCUT2D eigenvalue weighted by molar-refractivity contribution is 5.63. The molecule has 0 aliphatic carbocycles. The Kier molecular flexibility index (Phi) is 3.46. The number of methoxy groups -OCH3 is 1. The van der Waals surface area contributed by atoms with E-state index in [9.17, 15) is 10.1 Å². The third kappa shape index (κ3) is 2.54. The number of hydrogen-bond donors (Lipinski definition) is 1. The van der Waals surface area contributed by atoms with Crippen molar-refractivity contribution in [2.75, 3.05) is 7.11 Å². The van der Waals surface area contributed by atoms with Gasteiger partial charge in [0.15, 0.2) is 11.6 Å². The molecule has 0 atom stereocenters. The fourth-order valence-corrected chi connectivity index (χ4v) is 1.63. The Bertz CT molecular complexity index is 607. The topological polar surface area (TPSA) is 93.9 Å². The molecule has 7 nitrogen and oxygen atoms in total. The van der Waals surface area contributed by atoms with Crippen LogP contribution >= 0.6 is 0 Å². The first-order chi connectivity index (χ1) is 9.02. The Labute approximate surface area is 109 Å². The van der Waals surface area contributed by atoms with Gasteiger partial charge in [-0.25, -0.2) is 4.98 Å². The van der Waals surface area contributed by atoms with Gasteiger partial charge in [-0.3, -0.25) is 15.2 Å². The van der Waals surface area contributed by atoms with E-state index >= 15 is 0 Å². The SMILES string of the molecule is COc1ccc(-c2n[nH]c(C(C)C)n2)cc1[N+](=O)[O-]. The van der Waals surface area contributed by atoms with E-state index in [1.807, 2.05) is 13.8 Å². The molecule has 0 aliphatic rings. The Morgan fingerprint density at radius 1 is 1.42 bits per heavy atom. The lowest BCUT2D eigenvalue weighted by Crippen LogP contribution is -1.94. The second-order valence-corrected chi connectivity index (χ2v) is 4.34. The summed E-state index contributed by atoms with van der Waals surface area (Å²) in [6.45, 7) is 3.97. The maximum atomic E-state index is 11.0. The predicted molar refractivity (Wildman–Crippen MR) is 69.1 cm³/mol. The van der Waals surface area contributed by atoms with E-state index in [1.165, 1.54) is 13.2 Å². The van der Waals surface area contributed by atoms with E-state index in [0.29, 0.717) is 11.4 Å². The standard InChI is InChI=1S/C12H14N4O3/c1-7(2)11-13-12(15-14-11)8-4-5-10(19-3)9(6-8)16(17)18/h4-7H,1-3H3,(H,13,14,15). The van der Waals surface area contributed by atoms with Crippen molar-refractivity contribution >= 4 is 5.69 Å². The zero-order valence-electron chi connectivity index (χ0n) is 10.9. The van der Waals surface area contributed by atoms with Crippen LogP contribution in [0.4, 0.5) is 5.69 Å². The third-order valence-corrected chi connectivity index (χ3v) is 2.68. The number of benzene rings is 1. The minimum absolute atomic E-state index is 0.101. The molecule has 0 saturated heterocycles. The van der Waals surface area contributed by atoms with E-state index in [1.54, 1.807) is 12.1 Å². The molecule has 0 spiro atoms. The van der Waals surface area contributed by atoms with Crippen LogP contribution in [0, 0.1) is 10.1 Å². The zero-order valence-corrected chi connectivity index (χ0v) is 10.9. The molecule has 100 valence electrons. The maximum Gasteiger partial charge on any atom is 0.311 e. The number of nitro groups is 1. The van der Waals surface area contributed by atoms with Crippen LogP contribution < -0.4 is 4.74 Å². The van der Waals surface area contributed by atoms with Gasteiger partial charge in [0.1, 0.15) is 5.82 Å². The Morgan fingerprint density at radius 2 is 2.16 bits per heavy atom. The summed E-state index contributed by atoms with van der Waals surface area (Å²) in [5.74, 6) is 1.62. The number of nitrogens with one attached hydrogen (secondary N) is 1. The smallest absolute Gasteiger partial charge is 0.311 e. The van der Waals surface area contributed by atoms with Gasteiger partial charge in [-0.05, 0) is 12.1 Å². The van der Waals surface area contributed by atoms with Gasteiger partial charge in [-0.1, -0.05) is 13.8 Å². The van der Waals surface area contributed by atoms with Gasteiger partial charge in [0.25, 0.3) is 0 Å². The minimum Gasteiger partial charge on any atom is -0.490 e. The van der Waals surface area contributed by atoms with Crippen LogP contribution in [0.3, 0.4) is 0 Å². The van der Waals surface area contributed by atoms with Crippen LogP contribution in [0.25, 0.3) is 11.4 Å². The molecule has 0 unspecified atom stereocenters.